The lowest BCUT2D eigenvalue weighted by atomic mass is 10.1. The van der Waals surface area contributed by atoms with E-state index in [9.17, 15) is 22.8 Å². The van der Waals surface area contributed by atoms with E-state index in [4.69, 9.17) is 9.26 Å². The SMILES string of the molecule is O=C(OCc1nc(-c2ccc(C(F)(F)F)cc2)no1)c1ccc(N2CCCC2=O)cc1. The predicted molar refractivity (Wildman–Crippen MR) is 102 cm³/mol. The number of amides is 1. The first-order valence-electron chi connectivity index (χ1n) is 9.39. The first-order chi connectivity index (χ1) is 14.8. The predicted octanol–water partition coefficient (Wildman–Crippen LogP) is 4.24. The Morgan fingerprint density at radius 1 is 1.10 bits per heavy atom. The zero-order valence-electron chi connectivity index (χ0n) is 16.1. The second-order valence-electron chi connectivity index (χ2n) is 6.86. The van der Waals surface area contributed by atoms with Crippen LogP contribution >= 0.6 is 0 Å². The van der Waals surface area contributed by atoms with Crippen LogP contribution in [0.25, 0.3) is 11.4 Å². The van der Waals surface area contributed by atoms with Gasteiger partial charge in [0.05, 0.1) is 11.1 Å². The van der Waals surface area contributed by atoms with Crippen LogP contribution in [0.4, 0.5) is 18.9 Å². The van der Waals surface area contributed by atoms with E-state index in [-0.39, 0.29) is 29.8 Å². The third-order valence-electron chi connectivity index (χ3n) is 4.75. The Kier molecular flexibility index (Phi) is 5.45. The Bertz CT molecular complexity index is 1090. The fraction of sp³-hybridized carbons (Fsp3) is 0.238. The number of anilines is 1. The van der Waals surface area contributed by atoms with Crippen LogP contribution in [0.15, 0.2) is 53.1 Å². The molecular formula is C21H16F3N3O4. The standard InChI is InChI=1S/C21H16F3N3O4/c22-21(23,24)15-7-3-13(4-8-15)19-25-17(31-26-19)12-30-20(29)14-5-9-16(10-6-14)27-11-1-2-18(27)28/h3-10H,1-2,11-12H2. The van der Waals surface area contributed by atoms with Crippen LogP contribution in [0.3, 0.4) is 0 Å². The van der Waals surface area contributed by atoms with Gasteiger partial charge in [-0.1, -0.05) is 17.3 Å². The number of alkyl halides is 3. The lowest BCUT2D eigenvalue weighted by Crippen LogP contribution is -2.23. The topological polar surface area (TPSA) is 85.5 Å². The van der Waals surface area contributed by atoms with Crippen LogP contribution in [0, 0.1) is 0 Å². The number of carbonyl (C=O) groups excluding carboxylic acids is 2. The maximum atomic E-state index is 12.6. The van der Waals surface area contributed by atoms with Crippen LogP contribution in [0.1, 0.15) is 34.7 Å². The maximum absolute atomic E-state index is 12.6. The molecule has 0 unspecified atom stereocenters. The molecule has 3 aromatic rings. The molecule has 10 heteroatoms. The van der Waals surface area contributed by atoms with E-state index < -0.39 is 17.7 Å². The number of rotatable bonds is 5. The van der Waals surface area contributed by atoms with E-state index >= 15 is 0 Å². The molecule has 160 valence electrons. The third-order valence-corrected chi connectivity index (χ3v) is 4.75. The van der Waals surface area contributed by atoms with Gasteiger partial charge in [0.15, 0.2) is 6.61 Å². The summed E-state index contributed by atoms with van der Waals surface area (Å²) in [6.07, 6.45) is -3.11. The molecule has 31 heavy (non-hydrogen) atoms. The minimum Gasteiger partial charge on any atom is -0.452 e. The third kappa shape index (κ3) is 4.57. The van der Waals surface area contributed by atoms with E-state index in [1.54, 1.807) is 29.2 Å². The van der Waals surface area contributed by atoms with Gasteiger partial charge in [-0.25, -0.2) is 4.79 Å². The van der Waals surface area contributed by atoms with Gasteiger partial charge >= 0.3 is 12.1 Å². The molecule has 2 heterocycles. The second kappa shape index (κ2) is 8.21. The number of esters is 1. The molecule has 1 saturated heterocycles. The molecular weight excluding hydrogens is 415 g/mol. The summed E-state index contributed by atoms with van der Waals surface area (Å²) < 4.78 is 48.1. The number of nitrogens with zero attached hydrogens (tertiary/aromatic N) is 3. The molecule has 1 aromatic heterocycles. The number of aromatic nitrogens is 2. The number of ether oxygens (including phenoxy) is 1. The van der Waals surface area contributed by atoms with Crippen molar-refractivity contribution < 1.29 is 32.0 Å². The minimum atomic E-state index is -4.43. The van der Waals surface area contributed by atoms with Gasteiger partial charge in [-0.15, -0.1) is 0 Å². The molecule has 1 aliphatic rings. The molecule has 4 rings (SSSR count). The summed E-state index contributed by atoms with van der Waals surface area (Å²) in [5.74, 6) is -0.480. The van der Waals surface area contributed by atoms with Crippen LogP contribution in [0.5, 0.6) is 0 Å². The molecule has 0 N–H and O–H groups in total. The Labute approximate surface area is 174 Å². The van der Waals surface area contributed by atoms with Crippen LogP contribution in [-0.4, -0.2) is 28.6 Å². The average Bonchev–Trinajstić information content (AvgIpc) is 3.41. The van der Waals surface area contributed by atoms with Crippen molar-refractivity contribution in [3.8, 4) is 11.4 Å². The highest BCUT2D eigenvalue weighted by atomic mass is 19.4. The Balaban J connectivity index is 1.36. The highest BCUT2D eigenvalue weighted by Crippen LogP contribution is 2.30. The summed E-state index contributed by atoms with van der Waals surface area (Å²) in [7, 11) is 0. The normalized spacial score (nSPS) is 14.2. The van der Waals surface area contributed by atoms with Gasteiger partial charge in [-0.3, -0.25) is 4.79 Å². The first kappa shape index (κ1) is 20.6. The Morgan fingerprint density at radius 3 is 2.42 bits per heavy atom. The van der Waals surface area contributed by atoms with Crippen molar-refractivity contribution in [2.24, 2.45) is 0 Å². The lowest BCUT2D eigenvalue weighted by Gasteiger charge is -2.15. The van der Waals surface area contributed by atoms with Crippen molar-refractivity contribution in [2.45, 2.75) is 25.6 Å². The summed E-state index contributed by atoms with van der Waals surface area (Å²) in [5.41, 5.74) is 0.561. The smallest absolute Gasteiger partial charge is 0.416 e. The van der Waals surface area contributed by atoms with E-state index in [0.29, 0.717) is 18.5 Å². The summed E-state index contributed by atoms with van der Waals surface area (Å²) >= 11 is 0. The summed E-state index contributed by atoms with van der Waals surface area (Å²) in [6.45, 7) is 0.361. The van der Waals surface area contributed by atoms with Crippen molar-refractivity contribution in [3.63, 3.8) is 0 Å². The molecule has 0 spiro atoms. The lowest BCUT2D eigenvalue weighted by molar-refractivity contribution is -0.137. The molecule has 0 radical (unpaired) electrons. The summed E-state index contributed by atoms with van der Waals surface area (Å²) in [5, 5.41) is 3.70. The van der Waals surface area contributed by atoms with Gasteiger partial charge in [0.1, 0.15) is 0 Å². The van der Waals surface area contributed by atoms with Crippen molar-refractivity contribution in [1.29, 1.82) is 0 Å². The van der Waals surface area contributed by atoms with E-state index in [0.717, 1.165) is 24.2 Å². The number of hydrogen-bond donors (Lipinski definition) is 0. The number of benzene rings is 2. The van der Waals surface area contributed by atoms with Crippen molar-refractivity contribution >= 4 is 17.6 Å². The molecule has 0 atom stereocenters. The zero-order chi connectivity index (χ0) is 22.0. The van der Waals surface area contributed by atoms with E-state index in [1.807, 2.05) is 0 Å². The fourth-order valence-corrected chi connectivity index (χ4v) is 3.15. The Hall–Kier alpha value is -3.69. The minimum absolute atomic E-state index is 0.00234. The van der Waals surface area contributed by atoms with Gasteiger partial charge in [0, 0.05) is 24.2 Å². The number of hydrogen-bond acceptors (Lipinski definition) is 6. The van der Waals surface area contributed by atoms with Gasteiger partial charge < -0.3 is 14.2 Å². The van der Waals surface area contributed by atoms with E-state index in [1.165, 1.54) is 12.1 Å². The van der Waals surface area contributed by atoms with E-state index in [2.05, 4.69) is 10.1 Å². The monoisotopic (exact) mass is 431 g/mol. The molecule has 7 nitrogen and oxygen atoms in total. The van der Waals surface area contributed by atoms with Gasteiger partial charge in [0.2, 0.25) is 11.7 Å². The molecule has 1 fully saturated rings. The average molecular weight is 431 g/mol. The van der Waals surface area contributed by atoms with Gasteiger partial charge in [0.25, 0.3) is 5.89 Å². The number of halogens is 3. The fourth-order valence-electron chi connectivity index (χ4n) is 3.15. The highest BCUT2D eigenvalue weighted by molar-refractivity contribution is 5.96. The van der Waals surface area contributed by atoms with Crippen LogP contribution in [-0.2, 0) is 22.3 Å². The molecule has 2 aromatic carbocycles. The quantitative estimate of drug-likeness (QED) is 0.562. The molecule has 0 aliphatic carbocycles. The van der Waals surface area contributed by atoms with Crippen molar-refractivity contribution in [1.82, 2.24) is 10.1 Å². The number of carbonyl (C=O) groups is 2. The van der Waals surface area contributed by atoms with Crippen molar-refractivity contribution in [2.75, 3.05) is 11.4 Å². The largest absolute Gasteiger partial charge is 0.452 e. The summed E-state index contributed by atoms with van der Waals surface area (Å²) in [4.78, 5) is 29.7. The summed E-state index contributed by atoms with van der Waals surface area (Å²) in [6, 6.07) is 10.8. The second-order valence-corrected chi connectivity index (χ2v) is 6.86. The highest BCUT2D eigenvalue weighted by Gasteiger charge is 2.30. The molecule has 0 bridgehead atoms. The maximum Gasteiger partial charge on any atom is 0.416 e. The Morgan fingerprint density at radius 2 is 1.81 bits per heavy atom. The van der Waals surface area contributed by atoms with Gasteiger partial charge in [-0.2, -0.15) is 18.2 Å². The van der Waals surface area contributed by atoms with Crippen molar-refractivity contribution in [3.05, 3.63) is 65.5 Å². The van der Waals surface area contributed by atoms with Crippen LogP contribution in [0.2, 0.25) is 0 Å². The van der Waals surface area contributed by atoms with Crippen LogP contribution < -0.4 is 4.90 Å². The molecule has 1 aliphatic heterocycles. The van der Waals surface area contributed by atoms with Gasteiger partial charge in [-0.05, 0) is 42.8 Å². The molecule has 0 saturated carbocycles. The molecule has 1 amide bonds. The first-order valence-corrected chi connectivity index (χ1v) is 9.39. The zero-order valence-corrected chi connectivity index (χ0v) is 16.1.